The summed E-state index contributed by atoms with van der Waals surface area (Å²) in [4.78, 5) is 12.8. The lowest BCUT2D eigenvalue weighted by molar-refractivity contribution is 0.0782. The van der Waals surface area contributed by atoms with E-state index in [1.54, 1.807) is 12.1 Å². The molecule has 0 atom stereocenters. The highest BCUT2D eigenvalue weighted by molar-refractivity contribution is 5.94. The number of oxime groups is 1. The summed E-state index contributed by atoms with van der Waals surface area (Å²) >= 11 is 0. The summed E-state index contributed by atoms with van der Waals surface area (Å²) in [5, 5.41) is 11.1. The summed E-state index contributed by atoms with van der Waals surface area (Å²) < 4.78 is 4.90. The maximum atomic E-state index is 11.5. The molecule has 0 saturated heterocycles. The molecule has 0 radical (unpaired) electrons. The second-order valence-corrected chi connectivity index (χ2v) is 2.73. The van der Waals surface area contributed by atoms with Crippen LogP contribution in [0.15, 0.2) is 28.0 Å². The highest BCUT2D eigenvalue weighted by Gasteiger charge is 2.14. The van der Waals surface area contributed by atoms with Gasteiger partial charge in [-0.05, 0) is 12.1 Å². The maximum absolute atomic E-state index is 11.5. The van der Waals surface area contributed by atoms with Crippen molar-refractivity contribution >= 4 is 11.7 Å². The number of carbonyl (C=O) groups is 1. The summed E-state index contributed by atoms with van der Waals surface area (Å²) in [5.74, 6) is -0.132. The molecule has 14 heavy (non-hydrogen) atoms. The molecule has 1 aromatic rings. The van der Waals surface area contributed by atoms with E-state index in [-0.39, 0.29) is 24.0 Å². The molecular formula is C8H11N3O3. The zero-order valence-electron chi connectivity index (χ0n) is 7.67. The number of rotatable bonds is 3. The topological polar surface area (TPSA) is 92.1 Å². The predicted octanol–water partition coefficient (Wildman–Crippen LogP) is 0.0980. The lowest BCUT2D eigenvalue weighted by Crippen LogP contribution is -2.35. The van der Waals surface area contributed by atoms with E-state index in [2.05, 4.69) is 5.16 Å². The van der Waals surface area contributed by atoms with Crippen molar-refractivity contribution in [2.75, 3.05) is 13.6 Å². The van der Waals surface area contributed by atoms with Gasteiger partial charge in [-0.25, -0.2) is 0 Å². The SMILES string of the molecule is CN(CC(N)=NO)C(=O)c1ccco1. The molecule has 1 heterocycles. The van der Waals surface area contributed by atoms with E-state index < -0.39 is 0 Å². The number of hydrogen-bond donors (Lipinski definition) is 2. The van der Waals surface area contributed by atoms with Crippen molar-refractivity contribution in [1.29, 1.82) is 0 Å². The van der Waals surface area contributed by atoms with Gasteiger partial charge in [-0.2, -0.15) is 0 Å². The number of nitrogens with two attached hydrogens (primary N) is 1. The van der Waals surface area contributed by atoms with E-state index in [9.17, 15) is 4.79 Å². The van der Waals surface area contributed by atoms with Crippen LogP contribution in [0.4, 0.5) is 0 Å². The van der Waals surface area contributed by atoms with Crippen LogP contribution in [-0.2, 0) is 0 Å². The molecule has 0 fully saturated rings. The first-order chi connectivity index (χ1) is 6.65. The Labute approximate surface area is 80.6 Å². The van der Waals surface area contributed by atoms with Crippen LogP contribution < -0.4 is 5.73 Å². The van der Waals surface area contributed by atoms with Crippen molar-refractivity contribution < 1.29 is 14.4 Å². The van der Waals surface area contributed by atoms with Crippen LogP contribution in [0.25, 0.3) is 0 Å². The lowest BCUT2D eigenvalue weighted by atomic mass is 10.4. The van der Waals surface area contributed by atoms with E-state index in [0.29, 0.717) is 0 Å². The van der Waals surface area contributed by atoms with Crippen LogP contribution in [0.1, 0.15) is 10.6 Å². The molecule has 6 heteroatoms. The Kier molecular flexibility index (Phi) is 3.11. The van der Waals surface area contributed by atoms with Crippen molar-refractivity contribution in [3.8, 4) is 0 Å². The zero-order valence-corrected chi connectivity index (χ0v) is 7.67. The first kappa shape index (κ1) is 10.1. The molecule has 3 N–H and O–H groups in total. The summed E-state index contributed by atoms with van der Waals surface area (Å²) in [6, 6.07) is 3.16. The smallest absolute Gasteiger partial charge is 0.289 e. The van der Waals surface area contributed by atoms with Crippen molar-refractivity contribution in [2.45, 2.75) is 0 Å². The fraction of sp³-hybridized carbons (Fsp3) is 0.250. The molecule has 0 spiro atoms. The minimum Gasteiger partial charge on any atom is -0.459 e. The average molecular weight is 197 g/mol. The molecule has 6 nitrogen and oxygen atoms in total. The van der Waals surface area contributed by atoms with Gasteiger partial charge in [0.2, 0.25) is 0 Å². The Morgan fingerprint density at radius 1 is 1.79 bits per heavy atom. The van der Waals surface area contributed by atoms with Crippen LogP contribution >= 0.6 is 0 Å². The standard InChI is InChI=1S/C8H11N3O3/c1-11(5-7(9)10-13)8(12)6-3-2-4-14-6/h2-4,13H,5H2,1H3,(H2,9,10). The molecule has 0 aliphatic heterocycles. The normalized spacial score (nSPS) is 11.4. The van der Waals surface area contributed by atoms with Crippen LogP contribution in [0, 0.1) is 0 Å². The van der Waals surface area contributed by atoms with E-state index in [0.717, 1.165) is 0 Å². The molecule has 1 aromatic heterocycles. The average Bonchev–Trinajstić information content (AvgIpc) is 2.69. The van der Waals surface area contributed by atoms with Crippen LogP contribution in [0.2, 0.25) is 0 Å². The maximum Gasteiger partial charge on any atom is 0.289 e. The minimum atomic E-state index is -0.318. The van der Waals surface area contributed by atoms with Gasteiger partial charge in [0.25, 0.3) is 5.91 Å². The summed E-state index contributed by atoms with van der Waals surface area (Å²) in [6.07, 6.45) is 1.41. The monoisotopic (exact) mass is 197 g/mol. The van der Waals surface area contributed by atoms with Gasteiger partial charge >= 0.3 is 0 Å². The van der Waals surface area contributed by atoms with Crippen molar-refractivity contribution in [2.24, 2.45) is 10.9 Å². The summed E-state index contributed by atoms with van der Waals surface area (Å²) in [6.45, 7) is 0.0516. The van der Waals surface area contributed by atoms with E-state index >= 15 is 0 Å². The predicted molar refractivity (Wildman–Crippen MR) is 49.1 cm³/mol. The van der Waals surface area contributed by atoms with Crippen LogP contribution in [0.3, 0.4) is 0 Å². The minimum absolute atomic E-state index is 0.0348. The van der Waals surface area contributed by atoms with Gasteiger partial charge in [0.15, 0.2) is 11.6 Å². The van der Waals surface area contributed by atoms with Gasteiger partial charge in [-0.1, -0.05) is 5.16 Å². The van der Waals surface area contributed by atoms with E-state index in [4.69, 9.17) is 15.4 Å². The van der Waals surface area contributed by atoms with Gasteiger partial charge < -0.3 is 20.3 Å². The molecule has 0 aliphatic carbocycles. The highest BCUT2D eigenvalue weighted by atomic mass is 16.4. The number of likely N-dealkylation sites (N-methyl/N-ethyl adjacent to an activating group) is 1. The van der Waals surface area contributed by atoms with Gasteiger partial charge in [0.1, 0.15) is 0 Å². The molecule has 0 saturated carbocycles. The first-order valence-corrected chi connectivity index (χ1v) is 3.90. The third kappa shape index (κ3) is 2.25. The number of amidine groups is 1. The van der Waals surface area contributed by atoms with Gasteiger partial charge in [0.05, 0.1) is 12.8 Å². The Hall–Kier alpha value is -1.98. The van der Waals surface area contributed by atoms with E-state index in [1.807, 2.05) is 0 Å². The van der Waals surface area contributed by atoms with Gasteiger partial charge in [-0.3, -0.25) is 4.79 Å². The Morgan fingerprint density at radius 2 is 2.50 bits per heavy atom. The second kappa shape index (κ2) is 4.31. The quantitative estimate of drug-likeness (QED) is 0.311. The molecule has 1 amide bonds. The number of amides is 1. The van der Waals surface area contributed by atoms with Crippen LogP contribution in [-0.4, -0.2) is 35.4 Å². The molecule has 0 bridgehead atoms. The van der Waals surface area contributed by atoms with Crippen molar-refractivity contribution in [3.63, 3.8) is 0 Å². The van der Waals surface area contributed by atoms with Crippen LogP contribution in [0.5, 0.6) is 0 Å². The van der Waals surface area contributed by atoms with Gasteiger partial charge in [0, 0.05) is 7.05 Å². The fourth-order valence-corrected chi connectivity index (χ4v) is 0.935. The molecular weight excluding hydrogens is 186 g/mol. The number of carbonyl (C=O) groups excluding carboxylic acids is 1. The molecule has 1 rings (SSSR count). The number of furan rings is 1. The van der Waals surface area contributed by atoms with E-state index in [1.165, 1.54) is 18.2 Å². The second-order valence-electron chi connectivity index (χ2n) is 2.73. The largest absolute Gasteiger partial charge is 0.459 e. The van der Waals surface area contributed by atoms with Gasteiger partial charge in [-0.15, -0.1) is 0 Å². The fourth-order valence-electron chi connectivity index (χ4n) is 0.935. The first-order valence-electron chi connectivity index (χ1n) is 3.90. The number of nitrogens with zero attached hydrogens (tertiary/aromatic N) is 2. The molecule has 0 unspecified atom stereocenters. The zero-order chi connectivity index (χ0) is 10.6. The molecule has 0 aromatic carbocycles. The molecule has 76 valence electrons. The number of hydrogen-bond acceptors (Lipinski definition) is 4. The highest BCUT2D eigenvalue weighted by Crippen LogP contribution is 2.03. The summed E-state index contributed by atoms with van der Waals surface area (Å²) in [5.41, 5.74) is 5.24. The Balaban J connectivity index is 2.62. The molecule has 0 aliphatic rings. The summed E-state index contributed by atoms with van der Waals surface area (Å²) in [7, 11) is 1.53. The third-order valence-corrected chi connectivity index (χ3v) is 1.61. The third-order valence-electron chi connectivity index (χ3n) is 1.61. The Bertz CT molecular complexity index is 332. The lowest BCUT2D eigenvalue weighted by Gasteiger charge is -2.13. The van der Waals surface area contributed by atoms with Crippen molar-refractivity contribution in [3.05, 3.63) is 24.2 Å². The van der Waals surface area contributed by atoms with Crippen molar-refractivity contribution in [1.82, 2.24) is 4.90 Å². The Morgan fingerprint density at radius 3 is 3.00 bits per heavy atom.